The number of hydrogen-bond acceptors (Lipinski definition) is 2. The molecule has 0 fully saturated rings. The Morgan fingerprint density at radius 2 is 2.38 bits per heavy atom. The van der Waals surface area contributed by atoms with Gasteiger partial charge in [0, 0.05) is 37.4 Å². The van der Waals surface area contributed by atoms with E-state index in [0.29, 0.717) is 4.67 Å². The fourth-order valence-electron chi connectivity index (χ4n) is 0.249. The fraction of sp³-hybridized carbons (Fsp3) is 0.250. The molecule has 0 aliphatic rings. The first-order chi connectivity index (χ1) is 3.30. The molecule has 1 rings (SSSR count). The van der Waals surface area contributed by atoms with Crippen LogP contribution in [0.1, 0.15) is 5.69 Å². The number of halogens is 1. The Morgan fingerprint density at radius 1 is 1.75 bits per heavy atom. The van der Waals surface area contributed by atoms with Crippen molar-refractivity contribution < 1.29 is 37.1 Å². The van der Waals surface area contributed by atoms with Crippen LogP contribution in [0.25, 0.3) is 0 Å². The van der Waals surface area contributed by atoms with Crippen LogP contribution in [0.3, 0.4) is 0 Å². The number of hydrogen-bond donors (Lipinski definition) is 0. The van der Waals surface area contributed by atoms with E-state index in [-0.39, 0.29) is 32.7 Å². The average molecular weight is 250 g/mol. The molecule has 0 aromatic carbocycles. The molecule has 0 unspecified atom stereocenters. The van der Waals surface area contributed by atoms with Crippen LogP contribution in [0.5, 0.6) is 0 Å². The van der Waals surface area contributed by atoms with Crippen molar-refractivity contribution in [2.75, 3.05) is 0 Å². The van der Waals surface area contributed by atoms with Crippen LogP contribution in [-0.4, -0.2) is 4.98 Å². The zero-order valence-electron chi connectivity index (χ0n) is 4.31. The predicted molar refractivity (Wildman–Crippen MR) is 27.8 cm³/mol. The van der Waals surface area contributed by atoms with Crippen molar-refractivity contribution in [3.8, 4) is 0 Å². The predicted octanol–water partition coefficient (Wildman–Crippen LogP) is 1.54. The Hall–Kier alpha value is 0.794. The van der Waals surface area contributed by atoms with Gasteiger partial charge in [0.25, 0.3) is 0 Å². The Kier molecular flexibility index (Phi) is 4.12. The summed E-state index contributed by atoms with van der Waals surface area (Å²) in [5, 5.41) is 0. The minimum absolute atomic E-state index is 0. The summed E-state index contributed by atoms with van der Waals surface area (Å²) in [6, 6.07) is 0. The molecule has 0 spiro atoms. The number of aryl methyl sites for hydroxylation is 1. The first-order valence-corrected chi connectivity index (χ1v) is 2.59. The maximum absolute atomic E-state index is 4.64. The van der Waals surface area contributed by atoms with E-state index in [1.165, 1.54) is 0 Å². The Labute approximate surface area is 81.1 Å². The molecule has 0 aliphatic carbocycles. The van der Waals surface area contributed by atoms with Crippen LogP contribution in [-0.2, 0) is 32.7 Å². The molecule has 0 saturated heterocycles. The summed E-state index contributed by atoms with van der Waals surface area (Å²) in [7, 11) is 0. The van der Waals surface area contributed by atoms with E-state index in [1.807, 2.05) is 6.92 Å². The second kappa shape index (κ2) is 3.75. The zero-order valence-corrected chi connectivity index (χ0v) is 8.74. The van der Waals surface area contributed by atoms with Crippen molar-refractivity contribution in [2.45, 2.75) is 6.92 Å². The molecule has 1 radical (unpaired) electrons. The molecule has 0 atom stereocenters. The number of aromatic nitrogens is 1. The Bertz CT molecular complexity index is 148. The van der Waals surface area contributed by atoms with Gasteiger partial charge in [0.15, 0.2) is 0 Å². The normalized spacial score (nSPS) is 8.25. The minimum Gasteiger partial charge on any atom is -0.566 e. The number of oxazole rings is 1. The summed E-state index contributed by atoms with van der Waals surface area (Å²) in [6.45, 7) is 1.84. The second-order valence-corrected chi connectivity index (χ2v) is 1.88. The van der Waals surface area contributed by atoms with Crippen molar-refractivity contribution in [3.05, 3.63) is 16.8 Å². The fourth-order valence-corrected chi connectivity index (χ4v) is 0.410. The van der Waals surface area contributed by atoms with Crippen LogP contribution in [0, 0.1) is 13.3 Å². The zero-order chi connectivity index (χ0) is 5.28. The molecule has 1 aromatic heterocycles. The maximum Gasteiger partial charge on any atom is 0.103 e. The van der Waals surface area contributed by atoms with E-state index in [9.17, 15) is 0 Å². The molecule has 8 heavy (non-hydrogen) atoms. The van der Waals surface area contributed by atoms with E-state index in [2.05, 4.69) is 31.7 Å². The molecule has 41 valence electrons. The minimum atomic E-state index is 0. The number of rotatable bonds is 0. The van der Waals surface area contributed by atoms with Crippen molar-refractivity contribution in [1.82, 2.24) is 4.98 Å². The molecular weight excluding hydrogens is 247 g/mol. The summed E-state index contributed by atoms with van der Waals surface area (Å²) in [4.78, 5) is 3.68. The van der Waals surface area contributed by atoms with E-state index in [0.717, 1.165) is 5.69 Å². The van der Waals surface area contributed by atoms with Crippen molar-refractivity contribution in [3.63, 3.8) is 0 Å². The third kappa shape index (κ3) is 1.96. The summed E-state index contributed by atoms with van der Waals surface area (Å²) >= 11 is 3.10. The Balaban J connectivity index is 0.000000490. The van der Waals surface area contributed by atoms with Crippen LogP contribution < -0.4 is 0 Å². The standard InChI is InChI=1S/C4H3BrNO.Y/c1-3-4(5)7-2-6-3;/h1H3;/q-1;. The largest absolute Gasteiger partial charge is 0.566 e. The van der Waals surface area contributed by atoms with Crippen LogP contribution >= 0.6 is 15.9 Å². The third-order valence-electron chi connectivity index (χ3n) is 0.633. The summed E-state index contributed by atoms with van der Waals surface area (Å²) in [5.41, 5.74) is 0.833. The van der Waals surface area contributed by atoms with E-state index >= 15 is 0 Å². The quantitative estimate of drug-likeness (QED) is 0.652. The first-order valence-electron chi connectivity index (χ1n) is 1.79. The number of nitrogens with zero attached hydrogens (tertiary/aromatic N) is 1. The summed E-state index contributed by atoms with van der Waals surface area (Å²) in [5.74, 6) is 0. The molecule has 1 heterocycles. The van der Waals surface area contributed by atoms with Gasteiger partial charge in [-0.15, -0.1) is 15.9 Å². The molecule has 1 aromatic rings. The molecule has 2 nitrogen and oxygen atoms in total. The van der Waals surface area contributed by atoms with Gasteiger partial charge in [-0.05, 0) is 0 Å². The van der Waals surface area contributed by atoms with Crippen molar-refractivity contribution in [1.29, 1.82) is 0 Å². The van der Waals surface area contributed by atoms with Gasteiger partial charge >= 0.3 is 0 Å². The maximum atomic E-state index is 4.64. The van der Waals surface area contributed by atoms with Gasteiger partial charge in [-0.1, -0.05) is 12.6 Å². The molecule has 0 bridgehead atoms. The third-order valence-corrected chi connectivity index (χ3v) is 1.37. The molecule has 0 aliphatic heterocycles. The molecular formula is C4H3BrNOY-. The topological polar surface area (TPSA) is 26.0 Å². The Morgan fingerprint density at radius 3 is 2.50 bits per heavy atom. The van der Waals surface area contributed by atoms with Gasteiger partial charge < -0.3 is 9.40 Å². The van der Waals surface area contributed by atoms with Crippen LogP contribution in [0.15, 0.2) is 9.09 Å². The molecule has 0 saturated carbocycles. The van der Waals surface area contributed by atoms with Crippen molar-refractivity contribution >= 4 is 15.9 Å². The first kappa shape index (κ1) is 8.79. The van der Waals surface area contributed by atoms with Gasteiger partial charge in [0.05, 0.1) is 0 Å². The summed E-state index contributed by atoms with van der Waals surface area (Å²) < 4.78 is 5.30. The van der Waals surface area contributed by atoms with E-state index < -0.39 is 0 Å². The summed E-state index contributed by atoms with van der Waals surface area (Å²) in [6.07, 6.45) is 2.33. The van der Waals surface area contributed by atoms with Gasteiger partial charge in [0.2, 0.25) is 0 Å². The van der Waals surface area contributed by atoms with Crippen LogP contribution in [0.4, 0.5) is 0 Å². The van der Waals surface area contributed by atoms with Gasteiger partial charge in [0.1, 0.15) is 6.39 Å². The van der Waals surface area contributed by atoms with E-state index in [4.69, 9.17) is 0 Å². The smallest absolute Gasteiger partial charge is 0.103 e. The second-order valence-electron chi connectivity index (χ2n) is 1.16. The van der Waals surface area contributed by atoms with Gasteiger partial charge in [-0.2, -0.15) is 0 Å². The average Bonchev–Trinajstić information content (AvgIpc) is 1.91. The SMILES string of the molecule is Cc1n[c-]oc1Br.[Y]. The van der Waals surface area contributed by atoms with E-state index in [1.54, 1.807) is 0 Å². The molecule has 0 amide bonds. The molecule has 4 heteroatoms. The molecule has 0 N–H and O–H groups in total. The van der Waals surface area contributed by atoms with Gasteiger partial charge in [-0.3, -0.25) is 0 Å². The van der Waals surface area contributed by atoms with Crippen LogP contribution in [0.2, 0.25) is 0 Å². The monoisotopic (exact) mass is 249 g/mol. The van der Waals surface area contributed by atoms with Crippen molar-refractivity contribution in [2.24, 2.45) is 0 Å². The van der Waals surface area contributed by atoms with Gasteiger partial charge in [-0.25, -0.2) is 0 Å².